The molecule has 146 valence electrons. The number of ether oxygens (including phenoxy) is 1. The van der Waals surface area contributed by atoms with Crippen LogP contribution >= 0.6 is 0 Å². The average Bonchev–Trinajstić information content (AvgIpc) is 3.33. The van der Waals surface area contributed by atoms with Gasteiger partial charge in [-0.25, -0.2) is 4.98 Å². The van der Waals surface area contributed by atoms with Gasteiger partial charge in [-0.05, 0) is 69.9 Å². The van der Waals surface area contributed by atoms with Gasteiger partial charge in [-0.1, -0.05) is 62.4 Å². The van der Waals surface area contributed by atoms with E-state index in [0.717, 1.165) is 24.1 Å². The second-order valence-corrected chi connectivity index (χ2v) is 9.79. The monoisotopic (exact) mass is 381 g/mol. The molecule has 1 saturated carbocycles. The van der Waals surface area contributed by atoms with Crippen molar-refractivity contribution >= 4 is 0 Å². The highest BCUT2D eigenvalue weighted by Gasteiger charge is 2.45. The van der Waals surface area contributed by atoms with Crippen molar-refractivity contribution in [2.45, 2.75) is 57.0 Å². The van der Waals surface area contributed by atoms with Crippen molar-refractivity contribution in [1.29, 1.82) is 0 Å². The molecule has 0 N–H and O–H groups in total. The van der Waals surface area contributed by atoms with Crippen LogP contribution in [0.15, 0.2) is 60.8 Å². The van der Waals surface area contributed by atoms with Crippen LogP contribution in [0.25, 0.3) is 0 Å². The van der Waals surface area contributed by atoms with Crippen LogP contribution < -0.4 is 4.74 Å². The Morgan fingerprint density at radius 3 is 2.76 bits per heavy atom. The van der Waals surface area contributed by atoms with Crippen LogP contribution in [0, 0.1) is 5.92 Å². The van der Waals surface area contributed by atoms with Crippen LogP contribution in [-0.4, -0.2) is 4.98 Å². The molecule has 0 saturated heterocycles. The highest BCUT2D eigenvalue weighted by Crippen LogP contribution is 2.56. The number of hydrogen-bond acceptors (Lipinski definition) is 2. The summed E-state index contributed by atoms with van der Waals surface area (Å²) in [6, 6.07) is 20.0. The first-order valence-electron chi connectivity index (χ1n) is 10.9. The predicted octanol–water partition coefficient (Wildman–Crippen LogP) is 6.13. The molecule has 3 aliphatic carbocycles. The lowest BCUT2D eigenvalue weighted by Crippen LogP contribution is -2.12. The van der Waals surface area contributed by atoms with Gasteiger partial charge in [-0.2, -0.15) is 0 Å². The lowest BCUT2D eigenvalue weighted by Gasteiger charge is -2.19. The zero-order valence-corrected chi connectivity index (χ0v) is 17.2. The first-order valence-corrected chi connectivity index (χ1v) is 10.9. The standard InChI is InChI=1S/C27H27NO/c1-27(2)14-23(18-6-4-3-5-7-18)22-10-17(8-9-25(22)27)16-29-26-13-20-11-19-12-21(19)24(20)15-28-26/h3-10,13,15,19,21,23H,11-12,14,16H2,1-2H3. The van der Waals surface area contributed by atoms with E-state index in [1.807, 2.05) is 0 Å². The Labute approximate surface area is 173 Å². The third-order valence-corrected chi connectivity index (χ3v) is 7.33. The third-order valence-electron chi connectivity index (χ3n) is 7.33. The lowest BCUT2D eigenvalue weighted by atomic mass is 9.85. The summed E-state index contributed by atoms with van der Waals surface area (Å²) in [4.78, 5) is 4.58. The van der Waals surface area contributed by atoms with Gasteiger partial charge in [0, 0.05) is 18.2 Å². The van der Waals surface area contributed by atoms with Gasteiger partial charge < -0.3 is 4.74 Å². The molecule has 0 spiro atoms. The van der Waals surface area contributed by atoms with Crippen LogP contribution in [-0.2, 0) is 18.4 Å². The van der Waals surface area contributed by atoms with E-state index in [9.17, 15) is 0 Å². The molecule has 0 radical (unpaired) electrons. The van der Waals surface area contributed by atoms with E-state index in [1.165, 1.54) is 46.2 Å². The van der Waals surface area contributed by atoms with E-state index in [4.69, 9.17) is 4.74 Å². The Hall–Kier alpha value is -2.61. The smallest absolute Gasteiger partial charge is 0.213 e. The number of benzene rings is 2. The zero-order chi connectivity index (χ0) is 19.6. The Kier molecular flexibility index (Phi) is 3.69. The van der Waals surface area contributed by atoms with Gasteiger partial charge >= 0.3 is 0 Å². The second kappa shape index (κ2) is 6.19. The van der Waals surface area contributed by atoms with Gasteiger partial charge in [0.1, 0.15) is 6.61 Å². The molecule has 2 heteroatoms. The maximum atomic E-state index is 6.11. The van der Waals surface area contributed by atoms with Crippen molar-refractivity contribution in [2.24, 2.45) is 5.92 Å². The van der Waals surface area contributed by atoms with Crippen LogP contribution in [0.5, 0.6) is 5.88 Å². The number of rotatable bonds is 4. The number of aromatic nitrogens is 1. The van der Waals surface area contributed by atoms with Gasteiger partial charge in [-0.15, -0.1) is 0 Å². The summed E-state index contributed by atoms with van der Waals surface area (Å²) in [7, 11) is 0. The SMILES string of the molecule is CC1(C)CC(c2ccccc2)c2cc(COc3cc4c(cn3)C3CC3C4)ccc21. The van der Waals surface area contributed by atoms with Gasteiger partial charge in [0.05, 0.1) is 0 Å². The van der Waals surface area contributed by atoms with Gasteiger partial charge in [0.25, 0.3) is 0 Å². The molecule has 2 aromatic carbocycles. The molecule has 3 atom stereocenters. The Morgan fingerprint density at radius 2 is 1.90 bits per heavy atom. The Morgan fingerprint density at radius 1 is 1.03 bits per heavy atom. The summed E-state index contributed by atoms with van der Waals surface area (Å²) in [5.74, 6) is 2.91. The van der Waals surface area contributed by atoms with Crippen molar-refractivity contribution in [1.82, 2.24) is 4.98 Å². The zero-order valence-electron chi connectivity index (χ0n) is 17.2. The molecule has 1 fully saturated rings. The fourth-order valence-corrected chi connectivity index (χ4v) is 5.69. The molecular formula is C27H27NO. The summed E-state index contributed by atoms with van der Waals surface area (Å²) in [6.07, 6.45) is 5.79. The number of pyridine rings is 1. The third kappa shape index (κ3) is 2.88. The van der Waals surface area contributed by atoms with E-state index < -0.39 is 0 Å². The fraction of sp³-hybridized carbons (Fsp3) is 0.370. The van der Waals surface area contributed by atoms with Crippen molar-refractivity contribution in [3.05, 3.63) is 94.2 Å². The average molecular weight is 382 g/mol. The maximum Gasteiger partial charge on any atom is 0.213 e. The quantitative estimate of drug-likeness (QED) is 0.542. The Bertz CT molecular complexity index is 1080. The van der Waals surface area contributed by atoms with Crippen LogP contribution in [0.2, 0.25) is 0 Å². The van der Waals surface area contributed by atoms with E-state index >= 15 is 0 Å². The molecule has 1 aromatic heterocycles. The summed E-state index contributed by atoms with van der Waals surface area (Å²) in [5, 5.41) is 0. The Balaban J connectivity index is 1.25. The molecule has 1 heterocycles. The van der Waals surface area contributed by atoms with Crippen molar-refractivity contribution in [3.63, 3.8) is 0 Å². The summed E-state index contributed by atoms with van der Waals surface area (Å²) < 4.78 is 6.11. The number of fused-ring (bicyclic) bond motifs is 4. The molecule has 0 aliphatic heterocycles. The van der Waals surface area contributed by atoms with E-state index in [1.54, 1.807) is 0 Å². The second-order valence-electron chi connectivity index (χ2n) is 9.79. The molecule has 3 aromatic rings. The molecule has 6 rings (SSSR count). The minimum Gasteiger partial charge on any atom is -0.473 e. The van der Waals surface area contributed by atoms with E-state index in [0.29, 0.717) is 12.5 Å². The minimum atomic E-state index is 0.206. The largest absolute Gasteiger partial charge is 0.473 e. The van der Waals surface area contributed by atoms with Gasteiger partial charge in [0.15, 0.2) is 0 Å². The molecule has 2 nitrogen and oxygen atoms in total. The minimum absolute atomic E-state index is 0.206. The summed E-state index contributed by atoms with van der Waals surface area (Å²) >= 11 is 0. The summed E-state index contributed by atoms with van der Waals surface area (Å²) in [6.45, 7) is 5.31. The van der Waals surface area contributed by atoms with Crippen LogP contribution in [0.4, 0.5) is 0 Å². The highest BCUT2D eigenvalue weighted by atomic mass is 16.5. The lowest BCUT2D eigenvalue weighted by molar-refractivity contribution is 0.293. The van der Waals surface area contributed by atoms with Crippen molar-refractivity contribution in [3.8, 4) is 5.88 Å². The van der Waals surface area contributed by atoms with Crippen molar-refractivity contribution < 1.29 is 4.74 Å². The molecule has 3 unspecified atom stereocenters. The van der Waals surface area contributed by atoms with Gasteiger partial charge in [-0.3, -0.25) is 0 Å². The van der Waals surface area contributed by atoms with E-state index in [-0.39, 0.29) is 5.41 Å². The van der Waals surface area contributed by atoms with Crippen LogP contribution in [0.3, 0.4) is 0 Å². The topological polar surface area (TPSA) is 22.1 Å². The predicted molar refractivity (Wildman–Crippen MR) is 115 cm³/mol. The van der Waals surface area contributed by atoms with Crippen molar-refractivity contribution in [2.75, 3.05) is 0 Å². The molecule has 0 bridgehead atoms. The van der Waals surface area contributed by atoms with E-state index in [2.05, 4.69) is 79.6 Å². The van der Waals surface area contributed by atoms with Gasteiger partial charge in [0.2, 0.25) is 5.88 Å². The fourth-order valence-electron chi connectivity index (χ4n) is 5.69. The molecule has 0 amide bonds. The number of hydrogen-bond donors (Lipinski definition) is 0. The van der Waals surface area contributed by atoms with Crippen LogP contribution in [0.1, 0.15) is 71.9 Å². The first-order chi connectivity index (χ1) is 14.1. The molecule has 3 aliphatic rings. The molecule has 29 heavy (non-hydrogen) atoms. The number of nitrogens with zero attached hydrogens (tertiary/aromatic N) is 1. The molecular weight excluding hydrogens is 354 g/mol. The summed E-state index contributed by atoms with van der Waals surface area (Å²) in [5.41, 5.74) is 8.71. The highest BCUT2D eigenvalue weighted by molar-refractivity contribution is 5.49. The maximum absolute atomic E-state index is 6.11. The normalized spacial score (nSPS) is 25.2. The first kappa shape index (κ1) is 17.3.